The molecule has 3 aromatic heterocycles. The highest BCUT2D eigenvalue weighted by Crippen LogP contribution is 2.39. The molecule has 0 spiro atoms. The zero-order chi connectivity index (χ0) is 43.5. The van der Waals surface area contributed by atoms with Crippen molar-refractivity contribution in [3.8, 4) is 11.5 Å². The molecule has 324 valence electrons. The quantitative estimate of drug-likeness (QED) is 0.0906. The van der Waals surface area contributed by atoms with Crippen LogP contribution in [0.5, 0.6) is 11.5 Å². The van der Waals surface area contributed by atoms with Gasteiger partial charge in [-0.3, -0.25) is 0 Å². The van der Waals surface area contributed by atoms with E-state index in [2.05, 4.69) is 139 Å². The van der Waals surface area contributed by atoms with E-state index in [9.17, 15) is 0 Å². The number of fused-ring (bicyclic) bond motifs is 7. The standard InChI is InChI=1S/C23H30O2.C23H30OS.C8H8N2S/c2*1-5-6-7-8-9-10-11-24-21-15-20-19-12-16(2)17(3)13-22(19)25-23(20)14-18(21)4;1-5-3-4-6(2)8-7(5)9-11-10-8/h2*12-15H,5-11H2,1-4H3;3-4H,1-2H3. The fraction of sp³-hybridized carbons (Fsp3) is 0.444. The Morgan fingerprint density at radius 2 is 0.820 bits per heavy atom. The average Bonchev–Trinajstić information content (AvgIpc) is 3.96. The number of unbranched alkanes of at least 4 members (excludes halogenated alkanes) is 10. The number of benzene rings is 5. The van der Waals surface area contributed by atoms with Gasteiger partial charge >= 0.3 is 0 Å². The van der Waals surface area contributed by atoms with Crippen LogP contribution in [-0.2, 0) is 0 Å². The SMILES string of the molecule is CCCCCCCCOc1cc2c(cc1C)oc1cc(C)c(C)cc12.CCCCCCCCOc1cc2c(cc1C)sc1cc(C)c(C)cc12.Cc1ccc(C)c2nsnc12. The van der Waals surface area contributed by atoms with Crippen LogP contribution < -0.4 is 9.47 Å². The van der Waals surface area contributed by atoms with Gasteiger partial charge in [-0.1, -0.05) is 90.2 Å². The summed E-state index contributed by atoms with van der Waals surface area (Å²) in [6, 6.07) is 22.0. The molecular weight excluding hydrogens is 789 g/mol. The lowest BCUT2D eigenvalue weighted by molar-refractivity contribution is 0.302. The lowest BCUT2D eigenvalue weighted by Gasteiger charge is -2.10. The summed E-state index contributed by atoms with van der Waals surface area (Å²) in [5, 5.41) is 5.04. The number of thiophene rings is 1. The van der Waals surface area contributed by atoms with E-state index in [0.717, 1.165) is 70.7 Å². The summed E-state index contributed by atoms with van der Waals surface area (Å²) in [4.78, 5) is 0. The van der Waals surface area contributed by atoms with Crippen molar-refractivity contribution >= 4 is 76.2 Å². The van der Waals surface area contributed by atoms with Crippen molar-refractivity contribution in [1.82, 2.24) is 8.75 Å². The number of aryl methyl sites for hydroxylation is 8. The topological polar surface area (TPSA) is 57.4 Å². The Labute approximate surface area is 373 Å². The van der Waals surface area contributed by atoms with Gasteiger partial charge in [-0.25, -0.2) is 0 Å². The average molecular weight is 857 g/mol. The van der Waals surface area contributed by atoms with Crippen LogP contribution in [0.1, 0.15) is 135 Å². The normalized spacial score (nSPS) is 11.4. The summed E-state index contributed by atoms with van der Waals surface area (Å²) in [5.41, 5.74) is 14.1. The second-order valence-corrected chi connectivity index (χ2v) is 18.8. The molecule has 0 unspecified atom stereocenters. The van der Waals surface area contributed by atoms with Crippen LogP contribution in [-0.4, -0.2) is 22.0 Å². The van der Waals surface area contributed by atoms with Crippen molar-refractivity contribution in [3.63, 3.8) is 0 Å². The van der Waals surface area contributed by atoms with Crippen LogP contribution in [0.3, 0.4) is 0 Å². The zero-order valence-corrected chi connectivity index (χ0v) is 40.2. The predicted octanol–water partition coefficient (Wildman–Crippen LogP) is 17.3. The second kappa shape index (κ2) is 22.1. The molecule has 0 saturated carbocycles. The number of hydrogen-bond acceptors (Lipinski definition) is 7. The van der Waals surface area contributed by atoms with Crippen LogP contribution in [0.15, 0.2) is 65.1 Å². The molecule has 0 saturated heterocycles. The molecule has 5 aromatic carbocycles. The maximum absolute atomic E-state index is 6.13. The third kappa shape index (κ3) is 11.7. The van der Waals surface area contributed by atoms with Gasteiger partial charge in [-0.15, -0.1) is 11.3 Å². The third-order valence-corrected chi connectivity index (χ3v) is 13.7. The molecule has 8 rings (SSSR count). The van der Waals surface area contributed by atoms with E-state index in [1.54, 1.807) is 0 Å². The van der Waals surface area contributed by atoms with Crippen LogP contribution >= 0.6 is 23.1 Å². The lowest BCUT2D eigenvalue weighted by Crippen LogP contribution is -1.98. The highest BCUT2D eigenvalue weighted by atomic mass is 32.1. The molecule has 0 N–H and O–H groups in total. The number of hydrogen-bond donors (Lipinski definition) is 0. The largest absolute Gasteiger partial charge is 0.493 e. The maximum Gasteiger partial charge on any atom is 0.135 e. The Morgan fingerprint density at radius 3 is 1.38 bits per heavy atom. The van der Waals surface area contributed by atoms with Gasteiger partial charge in [0.1, 0.15) is 33.7 Å². The summed E-state index contributed by atoms with van der Waals surface area (Å²) in [5.74, 6) is 2.04. The Bertz CT molecular complexity index is 2500. The molecule has 0 radical (unpaired) electrons. The molecule has 0 atom stereocenters. The minimum absolute atomic E-state index is 0.798. The second-order valence-electron chi connectivity index (χ2n) is 17.2. The Hall–Kier alpha value is -4.46. The van der Waals surface area contributed by atoms with E-state index in [4.69, 9.17) is 13.9 Å². The van der Waals surface area contributed by atoms with Gasteiger partial charge in [-0.2, -0.15) is 8.75 Å². The van der Waals surface area contributed by atoms with E-state index < -0.39 is 0 Å². The highest BCUT2D eigenvalue weighted by molar-refractivity contribution is 7.25. The van der Waals surface area contributed by atoms with E-state index in [-0.39, 0.29) is 0 Å². The first kappa shape index (κ1) is 46.1. The first-order chi connectivity index (χ1) is 29.5. The summed E-state index contributed by atoms with van der Waals surface area (Å²) < 4.78 is 29.4. The predicted molar refractivity (Wildman–Crippen MR) is 266 cm³/mol. The van der Waals surface area contributed by atoms with Gasteiger partial charge in [0.25, 0.3) is 0 Å². The van der Waals surface area contributed by atoms with Crippen molar-refractivity contribution < 1.29 is 13.9 Å². The van der Waals surface area contributed by atoms with Crippen molar-refractivity contribution in [2.75, 3.05) is 13.2 Å². The number of nitrogens with zero attached hydrogens (tertiary/aromatic N) is 2. The number of furan rings is 1. The van der Waals surface area contributed by atoms with Crippen LogP contribution in [0, 0.1) is 55.4 Å². The van der Waals surface area contributed by atoms with Crippen molar-refractivity contribution in [2.24, 2.45) is 0 Å². The van der Waals surface area contributed by atoms with Gasteiger partial charge in [0.05, 0.1) is 24.9 Å². The third-order valence-electron chi connectivity index (χ3n) is 12.1. The fourth-order valence-corrected chi connectivity index (χ4v) is 9.80. The van der Waals surface area contributed by atoms with Crippen molar-refractivity contribution in [1.29, 1.82) is 0 Å². The van der Waals surface area contributed by atoms with Crippen LogP contribution in [0.4, 0.5) is 0 Å². The summed E-state index contributed by atoms with van der Waals surface area (Å²) in [6.45, 7) is 23.2. The molecule has 5 nitrogen and oxygen atoms in total. The minimum atomic E-state index is 0.798. The van der Waals surface area contributed by atoms with Gasteiger partial charge in [-0.05, 0) is 161 Å². The van der Waals surface area contributed by atoms with Crippen LogP contribution in [0.2, 0.25) is 0 Å². The molecule has 0 aliphatic carbocycles. The summed E-state index contributed by atoms with van der Waals surface area (Å²) in [6.07, 6.45) is 15.5. The highest BCUT2D eigenvalue weighted by Gasteiger charge is 2.13. The molecule has 0 fully saturated rings. The summed E-state index contributed by atoms with van der Waals surface area (Å²) >= 11 is 3.17. The first-order valence-corrected chi connectivity index (χ1v) is 24.4. The maximum atomic E-state index is 6.13. The molecule has 0 bridgehead atoms. The number of aromatic nitrogens is 2. The number of ether oxygens (including phenoxy) is 2. The van der Waals surface area contributed by atoms with Crippen molar-refractivity contribution in [2.45, 2.75) is 146 Å². The zero-order valence-electron chi connectivity index (χ0n) is 38.6. The van der Waals surface area contributed by atoms with Gasteiger partial charge in [0.2, 0.25) is 0 Å². The first-order valence-electron chi connectivity index (χ1n) is 22.8. The molecule has 0 aliphatic heterocycles. The number of rotatable bonds is 16. The van der Waals surface area contributed by atoms with Gasteiger partial charge in [0.15, 0.2) is 0 Å². The van der Waals surface area contributed by atoms with E-state index in [0.29, 0.717) is 0 Å². The molecule has 61 heavy (non-hydrogen) atoms. The fourth-order valence-electron chi connectivity index (χ4n) is 7.87. The smallest absolute Gasteiger partial charge is 0.135 e. The minimum Gasteiger partial charge on any atom is -0.493 e. The van der Waals surface area contributed by atoms with E-state index in [1.807, 2.05) is 11.3 Å². The molecule has 8 aromatic rings. The van der Waals surface area contributed by atoms with E-state index in [1.165, 1.54) is 140 Å². The molecular formula is C54H68N2O3S2. The van der Waals surface area contributed by atoms with Gasteiger partial charge < -0.3 is 13.9 Å². The van der Waals surface area contributed by atoms with Gasteiger partial charge in [0, 0.05) is 30.9 Å². The summed E-state index contributed by atoms with van der Waals surface area (Å²) in [7, 11) is 0. The van der Waals surface area contributed by atoms with Crippen LogP contribution in [0.25, 0.3) is 53.1 Å². The molecule has 7 heteroatoms. The lowest BCUT2D eigenvalue weighted by atomic mass is 10.0. The molecule has 0 aliphatic rings. The van der Waals surface area contributed by atoms with Crippen molar-refractivity contribution in [3.05, 3.63) is 105 Å². The van der Waals surface area contributed by atoms with E-state index >= 15 is 0 Å². The molecule has 3 heterocycles. The monoisotopic (exact) mass is 856 g/mol. The Morgan fingerprint density at radius 1 is 0.426 bits per heavy atom. The Kier molecular flexibility index (Phi) is 16.7. The Balaban J connectivity index is 0.000000164. The molecule has 0 amide bonds.